The maximum atomic E-state index is 12.5. The first-order valence-corrected chi connectivity index (χ1v) is 12.3. The van der Waals surface area contributed by atoms with E-state index in [1.54, 1.807) is 12.1 Å². The summed E-state index contributed by atoms with van der Waals surface area (Å²) < 4.78 is 12.2. The molecule has 0 unspecified atom stereocenters. The highest BCUT2D eigenvalue weighted by Gasteiger charge is 2.15. The molecule has 0 aliphatic carbocycles. The van der Waals surface area contributed by atoms with Gasteiger partial charge in [-0.3, -0.25) is 19.7 Å². The van der Waals surface area contributed by atoms with E-state index in [0.717, 1.165) is 16.8 Å². The minimum absolute atomic E-state index is 0.108. The van der Waals surface area contributed by atoms with E-state index < -0.39 is 10.8 Å². The fourth-order valence-electron chi connectivity index (χ4n) is 3.31. The number of carbonyl (C=O) groups excluding carboxylic acids is 2. The second-order valence-corrected chi connectivity index (χ2v) is 9.08. The molecule has 3 aromatic carbocycles. The number of amides is 2. The van der Waals surface area contributed by atoms with Gasteiger partial charge in [-0.1, -0.05) is 17.7 Å². The number of nitro benzene ring substituents is 1. The van der Waals surface area contributed by atoms with Crippen molar-refractivity contribution in [2.24, 2.45) is 5.10 Å². The van der Waals surface area contributed by atoms with Crippen LogP contribution in [-0.4, -0.2) is 36.2 Å². The second kappa shape index (κ2) is 12.8. The zero-order valence-electron chi connectivity index (χ0n) is 20.4. The number of rotatable bonds is 10. The Kier molecular flexibility index (Phi) is 9.55. The number of halogens is 1. The molecule has 2 amide bonds. The summed E-state index contributed by atoms with van der Waals surface area (Å²) in [4.78, 5) is 34.9. The summed E-state index contributed by atoms with van der Waals surface area (Å²) in [7, 11) is 0. The molecule has 0 radical (unpaired) electrons. The maximum absolute atomic E-state index is 12.5. The zero-order chi connectivity index (χ0) is 26.9. The van der Waals surface area contributed by atoms with Crippen molar-refractivity contribution >= 4 is 52.0 Å². The van der Waals surface area contributed by atoms with Crippen LogP contribution in [0.5, 0.6) is 11.5 Å². The van der Waals surface area contributed by atoms with Crippen molar-refractivity contribution in [2.75, 3.05) is 18.5 Å². The van der Waals surface area contributed by atoms with Gasteiger partial charge in [-0.25, -0.2) is 5.43 Å². The summed E-state index contributed by atoms with van der Waals surface area (Å²) in [6.45, 7) is 5.91. The first kappa shape index (κ1) is 27.6. The highest BCUT2D eigenvalue weighted by Crippen LogP contribution is 2.34. The van der Waals surface area contributed by atoms with Crippen molar-refractivity contribution in [1.82, 2.24) is 5.43 Å². The minimum atomic E-state index is -0.539. The van der Waals surface area contributed by atoms with Gasteiger partial charge in [-0.2, -0.15) is 5.10 Å². The Labute approximate surface area is 227 Å². The maximum Gasteiger partial charge on any atom is 0.271 e. The molecular weight excluding hydrogens is 591 g/mol. The van der Waals surface area contributed by atoms with Crippen LogP contribution in [0.15, 0.2) is 59.7 Å². The normalized spacial score (nSPS) is 10.7. The number of hydrogen-bond acceptors (Lipinski definition) is 7. The van der Waals surface area contributed by atoms with Gasteiger partial charge in [-0.15, -0.1) is 0 Å². The monoisotopic (exact) mass is 616 g/mol. The van der Waals surface area contributed by atoms with Gasteiger partial charge >= 0.3 is 0 Å². The number of hydrazone groups is 1. The topological polar surface area (TPSA) is 132 Å². The average molecular weight is 616 g/mol. The first-order chi connectivity index (χ1) is 17.7. The zero-order valence-corrected chi connectivity index (χ0v) is 22.6. The summed E-state index contributed by atoms with van der Waals surface area (Å²) >= 11 is 2.07. The number of hydrogen-bond donors (Lipinski definition) is 2. The van der Waals surface area contributed by atoms with Gasteiger partial charge in [0.05, 0.1) is 21.3 Å². The molecule has 0 saturated carbocycles. The SMILES string of the molecule is CCOc1cc(/C=N/NC(=O)c2ccc([N+](=O)[O-])cc2)cc(I)c1OCC(=O)Nc1ccc(C)cc1C. The average Bonchev–Trinajstić information content (AvgIpc) is 2.85. The number of aryl methyl sites for hydroxylation is 2. The summed E-state index contributed by atoms with van der Waals surface area (Å²) in [5.41, 5.74) is 5.93. The van der Waals surface area contributed by atoms with Gasteiger partial charge in [0, 0.05) is 23.4 Å². The third-order valence-electron chi connectivity index (χ3n) is 5.06. The van der Waals surface area contributed by atoms with Crippen LogP contribution in [0.25, 0.3) is 0 Å². The van der Waals surface area contributed by atoms with E-state index in [1.165, 1.54) is 30.5 Å². The number of carbonyl (C=O) groups is 2. The Morgan fingerprint density at radius 2 is 1.81 bits per heavy atom. The van der Waals surface area contributed by atoms with Crippen molar-refractivity contribution < 1.29 is 24.0 Å². The van der Waals surface area contributed by atoms with Crippen LogP contribution in [0.3, 0.4) is 0 Å². The van der Waals surface area contributed by atoms with Crippen molar-refractivity contribution in [3.63, 3.8) is 0 Å². The molecule has 0 fully saturated rings. The van der Waals surface area contributed by atoms with Crippen molar-refractivity contribution in [2.45, 2.75) is 20.8 Å². The van der Waals surface area contributed by atoms with Crippen LogP contribution in [0.2, 0.25) is 0 Å². The molecule has 37 heavy (non-hydrogen) atoms. The highest BCUT2D eigenvalue weighted by molar-refractivity contribution is 14.1. The lowest BCUT2D eigenvalue weighted by Crippen LogP contribution is -2.21. The smallest absolute Gasteiger partial charge is 0.271 e. The third-order valence-corrected chi connectivity index (χ3v) is 5.86. The number of nitrogens with one attached hydrogen (secondary N) is 2. The molecule has 0 saturated heterocycles. The first-order valence-electron chi connectivity index (χ1n) is 11.2. The third kappa shape index (κ3) is 7.74. The molecule has 2 N–H and O–H groups in total. The summed E-state index contributed by atoms with van der Waals surface area (Å²) in [6.07, 6.45) is 1.44. The predicted octanol–water partition coefficient (Wildman–Crippen LogP) is 5.00. The summed E-state index contributed by atoms with van der Waals surface area (Å²) in [5.74, 6) is 0.0348. The molecule has 192 valence electrons. The number of non-ortho nitro benzene ring substituents is 1. The number of anilines is 1. The Morgan fingerprint density at radius 1 is 1.08 bits per heavy atom. The van der Waals surface area contributed by atoms with Gasteiger partial charge in [0.15, 0.2) is 18.1 Å². The molecule has 0 atom stereocenters. The summed E-state index contributed by atoms with van der Waals surface area (Å²) in [6, 6.07) is 14.4. The fraction of sp³-hybridized carbons (Fsp3) is 0.192. The number of ether oxygens (including phenoxy) is 2. The molecule has 3 rings (SSSR count). The van der Waals surface area contributed by atoms with E-state index in [1.807, 2.05) is 39.0 Å². The van der Waals surface area contributed by atoms with E-state index >= 15 is 0 Å². The van der Waals surface area contributed by atoms with Gasteiger partial charge < -0.3 is 14.8 Å². The van der Waals surface area contributed by atoms with Crippen LogP contribution >= 0.6 is 22.6 Å². The van der Waals surface area contributed by atoms with Gasteiger partial charge in [0.1, 0.15) is 0 Å². The molecular formula is C26H25IN4O6. The van der Waals surface area contributed by atoms with Crippen LogP contribution in [0.1, 0.15) is 34.0 Å². The lowest BCUT2D eigenvalue weighted by atomic mass is 10.1. The molecule has 0 spiro atoms. The minimum Gasteiger partial charge on any atom is -0.490 e. The number of benzene rings is 3. The Hall–Kier alpha value is -4.00. The van der Waals surface area contributed by atoms with Crippen LogP contribution in [0, 0.1) is 27.5 Å². The standard InChI is InChI=1S/C26H25IN4O6/c1-4-36-23-13-18(14-28-30-26(33)19-6-8-20(9-7-19)31(34)35)12-21(27)25(23)37-15-24(32)29-22-10-5-16(2)11-17(22)3/h5-14H,4,15H2,1-3H3,(H,29,32)(H,30,33)/b28-14+. The van der Waals surface area contributed by atoms with E-state index in [4.69, 9.17) is 9.47 Å². The predicted molar refractivity (Wildman–Crippen MR) is 149 cm³/mol. The Bertz CT molecular complexity index is 1340. The van der Waals surface area contributed by atoms with E-state index in [9.17, 15) is 19.7 Å². The van der Waals surface area contributed by atoms with Crippen molar-refractivity contribution in [3.05, 3.63) is 90.5 Å². The van der Waals surface area contributed by atoms with Crippen LogP contribution in [-0.2, 0) is 4.79 Å². The lowest BCUT2D eigenvalue weighted by Gasteiger charge is -2.15. The van der Waals surface area contributed by atoms with E-state index in [2.05, 4.69) is 38.4 Å². The molecule has 0 aliphatic rings. The van der Waals surface area contributed by atoms with Crippen molar-refractivity contribution in [3.8, 4) is 11.5 Å². The van der Waals surface area contributed by atoms with E-state index in [0.29, 0.717) is 27.2 Å². The number of nitro groups is 1. The Balaban J connectivity index is 1.66. The fourth-order valence-corrected chi connectivity index (χ4v) is 4.09. The van der Waals surface area contributed by atoms with E-state index in [-0.39, 0.29) is 23.8 Å². The van der Waals surface area contributed by atoms with Crippen LogP contribution < -0.4 is 20.2 Å². The van der Waals surface area contributed by atoms with Gasteiger partial charge in [0.2, 0.25) is 0 Å². The molecule has 10 nitrogen and oxygen atoms in total. The van der Waals surface area contributed by atoms with Gasteiger partial charge in [0.25, 0.3) is 17.5 Å². The second-order valence-electron chi connectivity index (χ2n) is 7.92. The molecule has 0 aromatic heterocycles. The lowest BCUT2D eigenvalue weighted by molar-refractivity contribution is -0.384. The molecule has 0 bridgehead atoms. The Morgan fingerprint density at radius 3 is 2.46 bits per heavy atom. The number of nitrogens with zero attached hydrogens (tertiary/aromatic N) is 2. The molecule has 0 aliphatic heterocycles. The van der Waals surface area contributed by atoms with Crippen LogP contribution in [0.4, 0.5) is 11.4 Å². The quantitative estimate of drug-likeness (QED) is 0.143. The van der Waals surface area contributed by atoms with Gasteiger partial charge in [-0.05, 0) is 84.8 Å². The molecule has 3 aromatic rings. The highest BCUT2D eigenvalue weighted by atomic mass is 127. The largest absolute Gasteiger partial charge is 0.490 e. The van der Waals surface area contributed by atoms with Crippen molar-refractivity contribution in [1.29, 1.82) is 0 Å². The molecule has 11 heteroatoms. The molecule has 0 heterocycles. The summed E-state index contributed by atoms with van der Waals surface area (Å²) in [5, 5.41) is 17.6.